The van der Waals surface area contributed by atoms with E-state index in [1.54, 1.807) is 14.0 Å². The highest BCUT2D eigenvalue weighted by Crippen LogP contribution is 2.31. The molecular weight excluding hydrogens is 248 g/mol. The van der Waals surface area contributed by atoms with Gasteiger partial charge < -0.3 is 10.4 Å². The van der Waals surface area contributed by atoms with Crippen LogP contribution in [0.5, 0.6) is 0 Å². The van der Waals surface area contributed by atoms with Gasteiger partial charge in [-0.25, -0.2) is 4.68 Å². The third kappa shape index (κ3) is 3.04. The molecule has 1 aromatic rings. The molecule has 1 aromatic heterocycles. The molecule has 0 aromatic carbocycles. The Morgan fingerprint density at radius 1 is 1.47 bits per heavy atom. The molecule has 7 heteroatoms. The van der Waals surface area contributed by atoms with Gasteiger partial charge in [-0.2, -0.15) is 5.10 Å². The van der Waals surface area contributed by atoms with Gasteiger partial charge in [-0.05, 0) is 19.8 Å². The normalized spacial score (nSPS) is 11.6. The average molecular weight is 270 g/mol. The van der Waals surface area contributed by atoms with Gasteiger partial charge in [-0.15, -0.1) is 0 Å². The third-order valence-electron chi connectivity index (χ3n) is 3.84. The van der Waals surface area contributed by atoms with Crippen LogP contribution in [0.2, 0.25) is 0 Å². The number of nitrogens with zero attached hydrogens (tertiary/aromatic N) is 3. The van der Waals surface area contributed by atoms with Gasteiger partial charge in [0, 0.05) is 19.0 Å². The first-order chi connectivity index (χ1) is 8.90. The Bertz CT molecular complexity index is 444. The molecule has 0 atom stereocenters. The first-order valence-corrected chi connectivity index (χ1v) is 6.43. The van der Waals surface area contributed by atoms with Crippen LogP contribution in [0, 0.1) is 22.5 Å². The fourth-order valence-electron chi connectivity index (χ4n) is 2.11. The van der Waals surface area contributed by atoms with Crippen molar-refractivity contribution in [3.8, 4) is 0 Å². The maximum Gasteiger partial charge on any atom is 0.333 e. The molecule has 19 heavy (non-hydrogen) atoms. The van der Waals surface area contributed by atoms with Crippen LogP contribution in [0.4, 0.5) is 11.5 Å². The van der Waals surface area contributed by atoms with Crippen molar-refractivity contribution in [2.75, 3.05) is 18.5 Å². The molecule has 0 bridgehead atoms. The Balaban J connectivity index is 2.97. The van der Waals surface area contributed by atoms with E-state index in [4.69, 9.17) is 0 Å². The molecule has 0 saturated heterocycles. The fourth-order valence-corrected chi connectivity index (χ4v) is 2.11. The number of nitrogens with one attached hydrogen (secondary N) is 1. The molecule has 2 N–H and O–H groups in total. The summed E-state index contributed by atoms with van der Waals surface area (Å²) in [5, 5.41) is 27.7. The molecule has 7 nitrogen and oxygen atoms in total. The number of aliphatic hydroxyl groups is 1. The van der Waals surface area contributed by atoms with Crippen LogP contribution in [0.15, 0.2) is 0 Å². The number of aromatic nitrogens is 2. The van der Waals surface area contributed by atoms with Crippen LogP contribution < -0.4 is 5.32 Å². The second kappa shape index (κ2) is 6.01. The number of rotatable bonds is 7. The number of aliphatic hydroxyl groups excluding tert-OH is 1. The summed E-state index contributed by atoms with van der Waals surface area (Å²) in [5.41, 5.74) is 0.130. The minimum absolute atomic E-state index is 0.00143. The highest BCUT2D eigenvalue weighted by Gasteiger charge is 2.29. The molecule has 1 rings (SSSR count). The van der Waals surface area contributed by atoms with Crippen LogP contribution in [0.1, 0.15) is 32.4 Å². The largest absolute Gasteiger partial charge is 0.396 e. The van der Waals surface area contributed by atoms with Crippen molar-refractivity contribution >= 4 is 11.5 Å². The molecule has 1 heterocycles. The predicted molar refractivity (Wildman–Crippen MR) is 73.2 cm³/mol. The molecular formula is C12H22N4O3. The van der Waals surface area contributed by atoms with E-state index in [1.807, 2.05) is 13.8 Å². The van der Waals surface area contributed by atoms with Gasteiger partial charge in [0.15, 0.2) is 0 Å². The van der Waals surface area contributed by atoms with Crippen LogP contribution in [0.25, 0.3) is 0 Å². The van der Waals surface area contributed by atoms with Gasteiger partial charge in [0.2, 0.25) is 5.82 Å². The van der Waals surface area contributed by atoms with E-state index in [0.29, 0.717) is 18.1 Å². The summed E-state index contributed by atoms with van der Waals surface area (Å²) >= 11 is 0. The molecule has 0 aliphatic heterocycles. The Kier molecular flexibility index (Phi) is 4.88. The fraction of sp³-hybridized carbons (Fsp3) is 0.750. The lowest BCUT2D eigenvalue weighted by Crippen LogP contribution is -2.32. The summed E-state index contributed by atoms with van der Waals surface area (Å²) < 4.78 is 1.47. The lowest BCUT2D eigenvalue weighted by molar-refractivity contribution is -0.384. The second-order valence-electron chi connectivity index (χ2n) is 4.88. The van der Waals surface area contributed by atoms with Crippen molar-refractivity contribution in [2.24, 2.45) is 12.5 Å². The maximum absolute atomic E-state index is 11.1. The molecule has 0 radical (unpaired) electrons. The van der Waals surface area contributed by atoms with Crippen LogP contribution in [-0.4, -0.2) is 33.0 Å². The minimum atomic E-state index is -0.427. The van der Waals surface area contributed by atoms with Gasteiger partial charge in [0.25, 0.3) is 0 Å². The molecule has 0 spiro atoms. The number of aryl methyl sites for hydroxylation is 2. The zero-order valence-electron chi connectivity index (χ0n) is 11.9. The molecule has 0 saturated carbocycles. The van der Waals surface area contributed by atoms with E-state index in [-0.39, 0.29) is 17.7 Å². The third-order valence-corrected chi connectivity index (χ3v) is 3.84. The topological polar surface area (TPSA) is 93.2 Å². The van der Waals surface area contributed by atoms with Gasteiger partial charge >= 0.3 is 5.69 Å². The summed E-state index contributed by atoms with van der Waals surface area (Å²) in [6.07, 6.45) is 1.61. The number of nitro groups is 1. The summed E-state index contributed by atoms with van der Waals surface area (Å²) in [7, 11) is 1.67. The smallest absolute Gasteiger partial charge is 0.333 e. The SMILES string of the molecule is CCC(CC)(CO)CNc1c([N+](=O)[O-])c(C)nn1C. The lowest BCUT2D eigenvalue weighted by atomic mass is 9.83. The van der Waals surface area contributed by atoms with E-state index >= 15 is 0 Å². The quantitative estimate of drug-likeness (QED) is 0.582. The van der Waals surface area contributed by atoms with Crippen LogP contribution in [-0.2, 0) is 7.05 Å². The molecule has 108 valence electrons. The molecule has 0 unspecified atom stereocenters. The van der Waals surface area contributed by atoms with Crippen molar-refractivity contribution in [3.63, 3.8) is 0 Å². The van der Waals surface area contributed by atoms with E-state index in [0.717, 1.165) is 12.8 Å². The van der Waals surface area contributed by atoms with Crippen molar-refractivity contribution < 1.29 is 10.0 Å². The second-order valence-corrected chi connectivity index (χ2v) is 4.88. The van der Waals surface area contributed by atoms with Gasteiger partial charge in [-0.3, -0.25) is 10.1 Å². The van der Waals surface area contributed by atoms with Crippen molar-refractivity contribution in [2.45, 2.75) is 33.6 Å². The van der Waals surface area contributed by atoms with E-state index in [2.05, 4.69) is 10.4 Å². The molecule has 0 amide bonds. The maximum atomic E-state index is 11.1. The Morgan fingerprint density at radius 3 is 2.47 bits per heavy atom. The van der Waals surface area contributed by atoms with Crippen LogP contribution in [0.3, 0.4) is 0 Å². The van der Waals surface area contributed by atoms with E-state index in [9.17, 15) is 15.2 Å². The summed E-state index contributed by atoms with van der Waals surface area (Å²) in [6, 6.07) is 0. The van der Waals surface area contributed by atoms with Crippen molar-refractivity contribution in [3.05, 3.63) is 15.8 Å². The Morgan fingerprint density at radius 2 is 2.05 bits per heavy atom. The first kappa shape index (κ1) is 15.4. The summed E-state index contributed by atoms with van der Waals surface area (Å²) in [6.45, 7) is 6.16. The zero-order valence-corrected chi connectivity index (χ0v) is 11.9. The number of hydrogen-bond donors (Lipinski definition) is 2. The molecule has 0 fully saturated rings. The highest BCUT2D eigenvalue weighted by atomic mass is 16.6. The molecule has 0 aliphatic rings. The first-order valence-electron chi connectivity index (χ1n) is 6.43. The zero-order chi connectivity index (χ0) is 14.6. The number of anilines is 1. The standard InChI is InChI=1S/C12H22N4O3/c1-5-12(6-2,8-17)7-13-11-10(16(18)19)9(3)14-15(11)4/h13,17H,5-8H2,1-4H3. The van der Waals surface area contributed by atoms with Gasteiger partial charge in [0.1, 0.15) is 5.69 Å². The predicted octanol–water partition coefficient (Wildman–Crippen LogP) is 1.85. The Hall–Kier alpha value is -1.63. The molecule has 0 aliphatic carbocycles. The summed E-state index contributed by atoms with van der Waals surface area (Å²) in [5.74, 6) is 0.391. The highest BCUT2D eigenvalue weighted by molar-refractivity contribution is 5.59. The van der Waals surface area contributed by atoms with Crippen molar-refractivity contribution in [1.29, 1.82) is 0 Å². The van der Waals surface area contributed by atoms with E-state index in [1.165, 1.54) is 4.68 Å². The summed E-state index contributed by atoms with van der Waals surface area (Å²) in [4.78, 5) is 10.6. The Labute approximate surface area is 112 Å². The van der Waals surface area contributed by atoms with Gasteiger partial charge in [0.05, 0.1) is 11.5 Å². The monoisotopic (exact) mass is 270 g/mol. The van der Waals surface area contributed by atoms with Gasteiger partial charge in [-0.1, -0.05) is 13.8 Å². The number of hydrogen-bond acceptors (Lipinski definition) is 5. The van der Waals surface area contributed by atoms with E-state index < -0.39 is 4.92 Å². The average Bonchev–Trinajstić information content (AvgIpc) is 2.66. The lowest BCUT2D eigenvalue weighted by Gasteiger charge is -2.29. The minimum Gasteiger partial charge on any atom is -0.396 e. The van der Waals surface area contributed by atoms with Crippen molar-refractivity contribution in [1.82, 2.24) is 9.78 Å². The van der Waals surface area contributed by atoms with Crippen LogP contribution >= 0.6 is 0 Å².